The third-order valence-corrected chi connectivity index (χ3v) is 4.15. The summed E-state index contributed by atoms with van der Waals surface area (Å²) in [6, 6.07) is 0.487. The summed E-state index contributed by atoms with van der Waals surface area (Å²) in [4.78, 5) is 20.3. The van der Waals surface area contributed by atoms with Crippen molar-refractivity contribution in [1.82, 2.24) is 15.1 Å². The van der Waals surface area contributed by atoms with Crippen molar-refractivity contribution in [1.29, 1.82) is 0 Å². The van der Waals surface area contributed by atoms with Gasteiger partial charge in [-0.1, -0.05) is 6.92 Å². The molecule has 1 atom stereocenters. The molecule has 2 fully saturated rings. The van der Waals surface area contributed by atoms with Crippen LogP contribution in [0.4, 0.5) is 0 Å². The maximum atomic E-state index is 12.1. The number of nitrogens with one attached hydrogen (secondary N) is 1. The normalized spacial score (nSPS) is 22.7. The van der Waals surface area contributed by atoms with Crippen LogP contribution in [0.1, 0.15) is 33.1 Å². The standard InChI is InChI=1S/C14H26N4O2.HI/c1-4-14(2,20)10-16-13(15-3)17-7-8-18(11-5-6-11)12(19)9-17;/h11,20H,4-10H2,1-3H3,(H,15,16);1H. The lowest BCUT2D eigenvalue weighted by molar-refractivity contribution is -0.135. The average Bonchev–Trinajstić information content (AvgIpc) is 3.24. The van der Waals surface area contributed by atoms with Gasteiger partial charge in [-0.2, -0.15) is 0 Å². The van der Waals surface area contributed by atoms with Crippen LogP contribution >= 0.6 is 24.0 Å². The van der Waals surface area contributed by atoms with E-state index < -0.39 is 5.60 Å². The van der Waals surface area contributed by atoms with Crippen LogP contribution in [-0.2, 0) is 4.79 Å². The Morgan fingerprint density at radius 2 is 2.14 bits per heavy atom. The number of guanidine groups is 1. The third-order valence-electron chi connectivity index (χ3n) is 4.15. The zero-order valence-corrected chi connectivity index (χ0v) is 15.5. The van der Waals surface area contributed by atoms with Crippen molar-refractivity contribution in [2.24, 2.45) is 4.99 Å². The molecule has 21 heavy (non-hydrogen) atoms. The Morgan fingerprint density at radius 3 is 2.62 bits per heavy atom. The van der Waals surface area contributed by atoms with Crippen LogP contribution in [0.15, 0.2) is 4.99 Å². The number of hydrogen-bond acceptors (Lipinski definition) is 3. The molecule has 7 heteroatoms. The molecular weight excluding hydrogens is 383 g/mol. The van der Waals surface area contributed by atoms with Gasteiger partial charge in [0.1, 0.15) is 0 Å². The van der Waals surface area contributed by atoms with Gasteiger partial charge in [-0.25, -0.2) is 0 Å². The molecule has 1 heterocycles. The van der Waals surface area contributed by atoms with E-state index in [0.717, 1.165) is 25.9 Å². The van der Waals surface area contributed by atoms with Crippen LogP contribution in [-0.4, -0.2) is 71.6 Å². The van der Waals surface area contributed by atoms with Gasteiger partial charge in [-0.3, -0.25) is 9.79 Å². The van der Waals surface area contributed by atoms with E-state index in [1.165, 1.54) is 0 Å². The Kier molecular flexibility index (Phi) is 6.71. The van der Waals surface area contributed by atoms with Crippen LogP contribution in [0.2, 0.25) is 0 Å². The van der Waals surface area contributed by atoms with Crippen LogP contribution in [0.3, 0.4) is 0 Å². The number of hydrogen-bond donors (Lipinski definition) is 2. The van der Waals surface area contributed by atoms with E-state index in [0.29, 0.717) is 31.5 Å². The molecule has 1 saturated heterocycles. The highest BCUT2D eigenvalue weighted by molar-refractivity contribution is 14.0. The number of nitrogens with zero attached hydrogens (tertiary/aromatic N) is 3. The minimum Gasteiger partial charge on any atom is -0.388 e. The molecule has 1 amide bonds. The van der Waals surface area contributed by atoms with Crippen molar-refractivity contribution in [3.63, 3.8) is 0 Å². The predicted octanol–water partition coefficient (Wildman–Crippen LogP) is 0.647. The topological polar surface area (TPSA) is 68.2 Å². The van der Waals surface area contributed by atoms with Gasteiger partial charge in [-0.15, -0.1) is 24.0 Å². The second kappa shape index (κ2) is 7.62. The summed E-state index contributed by atoms with van der Waals surface area (Å²) in [6.07, 6.45) is 2.97. The fraction of sp³-hybridized carbons (Fsp3) is 0.857. The first-order valence-corrected chi connectivity index (χ1v) is 7.44. The summed E-state index contributed by atoms with van der Waals surface area (Å²) in [5, 5.41) is 13.2. The number of aliphatic imine (C=N–C) groups is 1. The Balaban J connectivity index is 0.00000220. The highest BCUT2D eigenvalue weighted by Gasteiger charge is 2.36. The molecule has 0 radical (unpaired) electrons. The fourth-order valence-electron chi connectivity index (χ4n) is 2.37. The first-order valence-electron chi connectivity index (χ1n) is 7.44. The van der Waals surface area contributed by atoms with E-state index in [-0.39, 0.29) is 29.9 Å². The monoisotopic (exact) mass is 410 g/mol. The molecule has 0 spiro atoms. The lowest BCUT2D eigenvalue weighted by Gasteiger charge is -2.37. The maximum Gasteiger partial charge on any atom is 0.242 e. The van der Waals surface area contributed by atoms with E-state index in [1.807, 2.05) is 16.7 Å². The number of amides is 1. The van der Waals surface area contributed by atoms with Crippen LogP contribution < -0.4 is 5.32 Å². The molecule has 1 aliphatic carbocycles. The smallest absolute Gasteiger partial charge is 0.242 e. The maximum absolute atomic E-state index is 12.1. The van der Waals surface area contributed by atoms with E-state index in [9.17, 15) is 9.90 Å². The molecule has 122 valence electrons. The first kappa shape index (κ1) is 18.5. The largest absolute Gasteiger partial charge is 0.388 e. The second-order valence-corrected chi connectivity index (χ2v) is 5.99. The Hall–Kier alpha value is -0.570. The SMILES string of the molecule is CCC(C)(O)CNC(=NC)N1CCN(C2CC2)C(=O)C1.I. The van der Waals surface area contributed by atoms with E-state index in [2.05, 4.69) is 10.3 Å². The minimum absolute atomic E-state index is 0. The van der Waals surface area contributed by atoms with E-state index in [1.54, 1.807) is 14.0 Å². The highest BCUT2D eigenvalue weighted by Crippen LogP contribution is 2.28. The van der Waals surface area contributed by atoms with Crippen molar-refractivity contribution in [3.8, 4) is 0 Å². The molecule has 0 aromatic carbocycles. The summed E-state index contributed by atoms with van der Waals surface area (Å²) < 4.78 is 0. The molecule has 2 N–H and O–H groups in total. The highest BCUT2D eigenvalue weighted by atomic mass is 127. The number of carbonyl (C=O) groups excluding carboxylic acids is 1. The van der Waals surface area contributed by atoms with Crippen molar-refractivity contribution in [3.05, 3.63) is 0 Å². The lowest BCUT2D eigenvalue weighted by atomic mass is 10.0. The molecule has 1 aliphatic heterocycles. The molecular formula is C14H27IN4O2. The van der Waals surface area contributed by atoms with Gasteiger partial charge in [0, 0.05) is 32.7 Å². The molecule has 2 rings (SSSR count). The van der Waals surface area contributed by atoms with Crippen molar-refractivity contribution >= 4 is 35.8 Å². The van der Waals surface area contributed by atoms with Gasteiger partial charge < -0.3 is 20.2 Å². The van der Waals surface area contributed by atoms with Crippen LogP contribution in [0.5, 0.6) is 0 Å². The quantitative estimate of drug-likeness (QED) is 0.406. The number of carbonyl (C=O) groups is 1. The summed E-state index contributed by atoms with van der Waals surface area (Å²) in [5.41, 5.74) is -0.754. The van der Waals surface area contributed by atoms with Crippen molar-refractivity contribution in [2.75, 3.05) is 33.2 Å². The molecule has 0 aromatic heterocycles. The molecule has 6 nitrogen and oxygen atoms in total. The van der Waals surface area contributed by atoms with E-state index in [4.69, 9.17) is 0 Å². The zero-order chi connectivity index (χ0) is 14.8. The Labute approximate surface area is 144 Å². The molecule has 1 saturated carbocycles. The Morgan fingerprint density at radius 1 is 1.48 bits per heavy atom. The fourth-order valence-corrected chi connectivity index (χ4v) is 2.37. The van der Waals surface area contributed by atoms with Gasteiger partial charge in [0.05, 0.1) is 12.1 Å². The average molecular weight is 410 g/mol. The molecule has 0 aromatic rings. The summed E-state index contributed by atoms with van der Waals surface area (Å²) in [7, 11) is 1.71. The lowest BCUT2D eigenvalue weighted by Crippen LogP contribution is -2.57. The first-order chi connectivity index (χ1) is 9.46. The summed E-state index contributed by atoms with van der Waals surface area (Å²) >= 11 is 0. The van der Waals surface area contributed by atoms with Crippen molar-refractivity contribution < 1.29 is 9.90 Å². The van der Waals surface area contributed by atoms with Gasteiger partial charge in [0.2, 0.25) is 5.91 Å². The van der Waals surface area contributed by atoms with Gasteiger partial charge in [0.25, 0.3) is 0 Å². The summed E-state index contributed by atoms with van der Waals surface area (Å²) in [6.45, 7) is 6.13. The van der Waals surface area contributed by atoms with Gasteiger partial charge in [-0.05, 0) is 26.2 Å². The molecule has 0 bridgehead atoms. The number of halogens is 1. The number of rotatable bonds is 4. The Bertz CT molecular complexity index is 396. The predicted molar refractivity (Wildman–Crippen MR) is 94.0 cm³/mol. The van der Waals surface area contributed by atoms with Crippen molar-refractivity contribution in [2.45, 2.75) is 44.8 Å². The van der Waals surface area contributed by atoms with Crippen LogP contribution in [0.25, 0.3) is 0 Å². The van der Waals surface area contributed by atoms with Gasteiger partial charge >= 0.3 is 0 Å². The second-order valence-electron chi connectivity index (χ2n) is 5.99. The third kappa shape index (κ3) is 4.98. The van der Waals surface area contributed by atoms with Crippen LogP contribution in [0, 0.1) is 0 Å². The number of piperazine rings is 1. The number of aliphatic hydroxyl groups is 1. The van der Waals surface area contributed by atoms with Gasteiger partial charge in [0.15, 0.2) is 5.96 Å². The zero-order valence-electron chi connectivity index (χ0n) is 13.1. The summed E-state index contributed by atoms with van der Waals surface area (Å²) in [5.74, 6) is 0.881. The molecule has 1 unspecified atom stereocenters. The molecule has 2 aliphatic rings. The van der Waals surface area contributed by atoms with E-state index >= 15 is 0 Å². The minimum atomic E-state index is -0.754.